The van der Waals surface area contributed by atoms with Crippen molar-refractivity contribution in [2.24, 2.45) is 0 Å². The zero-order chi connectivity index (χ0) is 12.7. The first-order valence-corrected chi connectivity index (χ1v) is 6.32. The highest BCUT2D eigenvalue weighted by Gasteiger charge is 2.11. The van der Waals surface area contributed by atoms with Gasteiger partial charge < -0.3 is 4.18 Å². The maximum Gasteiger partial charge on any atom is 0.334 e. The van der Waals surface area contributed by atoms with Crippen LogP contribution in [0.3, 0.4) is 0 Å². The SMILES string of the molecule is C=CCC(=O)OS(=O)(=O)C=Cc1ccccc1. The number of hydrogen-bond donors (Lipinski definition) is 0. The van der Waals surface area contributed by atoms with E-state index in [9.17, 15) is 13.2 Å². The van der Waals surface area contributed by atoms with Gasteiger partial charge in [-0.15, -0.1) is 6.58 Å². The van der Waals surface area contributed by atoms with Crippen LogP contribution in [0.15, 0.2) is 48.4 Å². The highest BCUT2D eigenvalue weighted by Crippen LogP contribution is 2.05. The summed E-state index contributed by atoms with van der Waals surface area (Å²) in [5.41, 5.74) is 0.704. The summed E-state index contributed by atoms with van der Waals surface area (Å²) in [5.74, 6) is -0.849. The lowest BCUT2D eigenvalue weighted by atomic mass is 10.2. The molecule has 0 heterocycles. The third-order valence-corrected chi connectivity index (χ3v) is 2.63. The van der Waals surface area contributed by atoms with E-state index in [1.54, 1.807) is 24.3 Å². The third-order valence-electron chi connectivity index (χ3n) is 1.75. The second kappa shape index (κ2) is 6.00. The predicted molar refractivity (Wildman–Crippen MR) is 65.3 cm³/mol. The predicted octanol–water partition coefficient (Wildman–Crippen LogP) is 2.11. The van der Waals surface area contributed by atoms with Gasteiger partial charge in [-0.2, -0.15) is 8.42 Å². The summed E-state index contributed by atoms with van der Waals surface area (Å²) >= 11 is 0. The standard InChI is InChI=1S/C12H12O4S/c1-2-6-12(13)16-17(14,15)10-9-11-7-4-3-5-8-11/h2-5,7-10H,1,6H2. The summed E-state index contributed by atoms with van der Waals surface area (Å²) < 4.78 is 26.9. The van der Waals surface area contributed by atoms with Gasteiger partial charge in [0.15, 0.2) is 0 Å². The van der Waals surface area contributed by atoms with E-state index >= 15 is 0 Å². The van der Waals surface area contributed by atoms with Crippen LogP contribution in [0.1, 0.15) is 12.0 Å². The van der Waals surface area contributed by atoms with Gasteiger partial charge in [-0.05, 0) is 11.6 Å². The Kier molecular flexibility index (Phi) is 4.66. The lowest BCUT2D eigenvalue weighted by molar-refractivity contribution is -0.132. The highest BCUT2D eigenvalue weighted by molar-refractivity contribution is 7.90. The van der Waals surface area contributed by atoms with Crippen molar-refractivity contribution in [3.63, 3.8) is 0 Å². The summed E-state index contributed by atoms with van der Waals surface area (Å²) in [6.07, 6.45) is 2.49. The number of hydrogen-bond acceptors (Lipinski definition) is 4. The number of carbonyl (C=O) groups is 1. The molecule has 1 aromatic rings. The Morgan fingerprint density at radius 3 is 2.53 bits per heavy atom. The van der Waals surface area contributed by atoms with Crippen LogP contribution in [-0.4, -0.2) is 14.4 Å². The number of carbonyl (C=O) groups excluding carboxylic acids is 1. The maximum atomic E-state index is 11.3. The Bertz CT molecular complexity index is 515. The molecule has 0 saturated carbocycles. The Morgan fingerprint density at radius 2 is 1.94 bits per heavy atom. The molecular formula is C12H12O4S. The number of rotatable bonds is 5. The molecule has 5 heteroatoms. The van der Waals surface area contributed by atoms with Gasteiger partial charge in [0.2, 0.25) is 0 Å². The molecule has 0 aromatic heterocycles. The second-order valence-electron chi connectivity index (χ2n) is 3.15. The topological polar surface area (TPSA) is 60.4 Å². The second-order valence-corrected chi connectivity index (χ2v) is 4.58. The smallest absolute Gasteiger partial charge is 0.334 e. The average molecular weight is 252 g/mol. The van der Waals surface area contributed by atoms with E-state index in [4.69, 9.17) is 0 Å². The van der Waals surface area contributed by atoms with E-state index in [2.05, 4.69) is 10.8 Å². The zero-order valence-corrected chi connectivity index (χ0v) is 9.89. The Hall–Kier alpha value is -1.88. The van der Waals surface area contributed by atoms with Crippen LogP contribution >= 0.6 is 0 Å². The third kappa shape index (κ3) is 5.12. The van der Waals surface area contributed by atoms with E-state index in [0.717, 1.165) is 5.41 Å². The Balaban J connectivity index is 2.70. The molecule has 0 N–H and O–H groups in total. The summed E-state index contributed by atoms with van der Waals surface area (Å²) in [5, 5.41) is 0.851. The zero-order valence-electron chi connectivity index (χ0n) is 9.07. The van der Waals surface area contributed by atoms with Gasteiger partial charge in [0.25, 0.3) is 0 Å². The van der Waals surface area contributed by atoms with E-state index in [1.807, 2.05) is 6.07 Å². The first-order valence-electron chi connectivity index (χ1n) is 4.85. The van der Waals surface area contributed by atoms with E-state index in [-0.39, 0.29) is 6.42 Å². The normalized spacial score (nSPS) is 11.3. The van der Waals surface area contributed by atoms with Crippen LogP contribution in [0, 0.1) is 0 Å². The van der Waals surface area contributed by atoms with Gasteiger partial charge in [-0.1, -0.05) is 36.4 Å². The van der Waals surface area contributed by atoms with Crippen molar-refractivity contribution >= 4 is 22.2 Å². The van der Waals surface area contributed by atoms with Gasteiger partial charge in [0.05, 0.1) is 11.8 Å². The molecule has 0 unspecified atom stereocenters. The van der Waals surface area contributed by atoms with Gasteiger partial charge >= 0.3 is 16.1 Å². The molecule has 0 fully saturated rings. The largest absolute Gasteiger partial charge is 0.342 e. The molecule has 17 heavy (non-hydrogen) atoms. The minimum atomic E-state index is -3.98. The molecule has 0 saturated heterocycles. The van der Waals surface area contributed by atoms with Crippen LogP contribution in [-0.2, 0) is 19.1 Å². The van der Waals surface area contributed by atoms with Gasteiger partial charge in [-0.25, -0.2) is 0 Å². The molecule has 0 aliphatic carbocycles. The minimum Gasteiger partial charge on any atom is -0.342 e. The van der Waals surface area contributed by atoms with Gasteiger partial charge in [0, 0.05) is 0 Å². The molecule has 1 aromatic carbocycles. The van der Waals surface area contributed by atoms with Crippen molar-refractivity contribution in [2.45, 2.75) is 6.42 Å². The lowest BCUT2D eigenvalue weighted by Crippen LogP contribution is -2.09. The molecule has 0 bridgehead atoms. The van der Waals surface area contributed by atoms with Crippen LogP contribution in [0.25, 0.3) is 6.08 Å². The van der Waals surface area contributed by atoms with Crippen molar-refractivity contribution in [1.82, 2.24) is 0 Å². The van der Waals surface area contributed by atoms with Gasteiger partial charge in [0.1, 0.15) is 0 Å². The molecule has 0 spiro atoms. The highest BCUT2D eigenvalue weighted by atomic mass is 32.2. The molecule has 1 rings (SSSR count). The minimum absolute atomic E-state index is 0.140. The first kappa shape index (κ1) is 13.2. The summed E-state index contributed by atoms with van der Waals surface area (Å²) in [4.78, 5) is 11.0. The fourth-order valence-corrected chi connectivity index (χ4v) is 1.74. The Labute approximate surface area is 100 Å². The van der Waals surface area contributed by atoms with Crippen molar-refractivity contribution in [2.75, 3.05) is 0 Å². The van der Waals surface area contributed by atoms with Crippen LogP contribution < -0.4 is 0 Å². The lowest BCUT2D eigenvalue weighted by Gasteiger charge is -1.99. The van der Waals surface area contributed by atoms with Crippen LogP contribution in [0.5, 0.6) is 0 Å². The van der Waals surface area contributed by atoms with E-state index in [0.29, 0.717) is 5.56 Å². The molecular weight excluding hydrogens is 240 g/mol. The average Bonchev–Trinajstić information content (AvgIpc) is 2.27. The van der Waals surface area contributed by atoms with Crippen molar-refractivity contribution in [3.8, 4) is 0 Å². The fourth-order valence-electron chi connectivity index (χ4n) is 1.04. The molecule has 4 nitrogen and oxygen atoms in total. The summed E-state index contributed by atoms with van der Waals surface area (Å²) in [6.45, 7) is 3.31. The van der Waals surface area contributed by atoms with Crippen molar-refractivity contribution in [3.05, 3.63) is 54.0 Å². The summed E-state index contributed by atoms with van der Waals surface area (Å²) in [6, 6.07) is 8.83. The van der Waals surface area contributed by atoms with Crippen molar-refractivity contribution in [1.29, 1.82) is 0 Å². The Morgan fingerprint density at radius 1 is 1.29 bits per heavy atom. The molecule has 0 amide bonds. The molecule has 90 valence electrons. The van der Waals surface area contributed by atoms with E-state index in [1.165, 1.54) is 12.2 Å². The molecule has 0 aliphatic rings. The van der Waals surface area contributed by atoms with Crippen LogP contribution in [0.2, 0.25) is 0 Å². The van der Waals surface area contributed by atoms with E-state index < -0.39 is 16.1 Å². The summed E-state index contributed by atoms with van der Waals surface area (Å²) in [7, 11) is -3.98. The van der Waals surface area contributed by atoms with Crippen LogP contribution in [0.4, 0.5) is 0 Å². The molecule has 0 atom stereocenters. The first-order chi connectivity index (χ1) is 8.03. The molecule has 0 radical (unpaired) electrons. The fraction of sp³-hybridized carbons (Fsp3) is 0.0833. The monoisotopic (exact) mass is 252 g/mol. The number of benzene rings is 1. The van der Waals surface area contributed by atoms with Gasteiger partial charge in [-0.3, -0.25) is 4.79 Å². The quantitative estimate of drug-likeness (QED) is 0.594. The molecule has 0 aliphatic heterocycles. The van der Waals surface area contributed by atoms with Crippen molar-refractivity contribution < 1.29 is 17.4 Å². The maximum absolute atomic E-state index is 11.3.